The van der Waals surface area contributed by atoms with Crippen LogP contribution in [0.4, 0.5) is 5.69 Å². The molecule has 0 aliphatic heterocycles. The third-order valence-corrected chi connectivity index (χ3v) is 3.08. The summed E-state index contributed by atoms with van der Waals surface area (Å²) in [5.41, 5.74) is 0.798. The Hall–Kier alpha value is -2.96. The first-order valence-corrected chi connectivity index (χ1v) is 6.78. The first kappa shape index (κ1) is 16.4. The second kappa shape index (κ2) is 7.35. The van der Waals surface area contributed by atoms with E-state index in [1.54, 1.807) is 25.1 Å². The Morgan fingerprint density at radius 3 is 2.48 bits per heavy atom. The number of rotatable bonds is 6. The number of ether oxygens (including phenoxy) is 3. The molecule has 7 heteroatoms. The van der Waals surface area contributed by atoms with Crippen LogP contribution in [0.1, 0.15) is 16.1 Å². The minimum absolute atomic E-state index is 0.295. The summed E-state index contributed by atoms with van der Waals surface area (Å²) in [4.78, 5) is 23.6. The maximum Gasteiger partial charge on any atom is 0.342 e. The van der Waals surface area contributed by atoms with Gasteiger partial charge < -0.3 is 23.9 Å². The topological polar surface area (TPSA) is 87.0 Å². The third kappa shape index (κ3) is 4.03. The van der Waals surface area contributed by atoms with Gasteiger partial charge in [-0.3, -0.25) is 4.79 Å². The Morgan fingerprint density at radius 1 is 1.13 bits per heavy atom. The van der Waals surface area contributed by atoms with Gasteiger partial charge in [-0.1, -0.05) is 0 Å². The van der Waals surface area contributed by atoms with Crippen LogP contribution in [0.2, 0.25) is 0 Å². The lowest BCUT2D eigenvalue weighted by Gasteiger charge is -2.10. The Labute approximate surface area is 133 Å². The van der Waals surface area contributed by atoms with E-state index >= 15 is 0 Å². The second-order valence-electron chi connectivity index (χ2n) is 4.58. The normalized spacial score (nSPS) is 10.0. The summed E-state index contributed by atoms with van der Waals surface area (Å²) >= 11 is 0. The van der Waals surface area contributed by atoms with Gasteiger partial charge in [0.2, 0.25) is 0 Å². The standard InChI is InChI=1S/C16H17NO6/c1-10-12(6-7-22-10)16(19)23-9-15(18)17-11-4-5-13(20-2)14(8-11)21-3/h4-8H,9H2,1-3H3,(H,17,18). The number of anilines is 1. The number of carbonyl (C=O) groups is 2. The van der Waals surface area contributed by atoms with Gasteiger partial charge in [-0.05, 0) is 25.1 Å². The number of amides is 1. The lowest BCUT2D eigenvalue weighted by atomic mass is 10.2. The van der Waals surface area contributed by atoms with Gasteiger partial charge in [-0.15, -0.1) is 0 Å². The number of aryl methyl sites for hydroxylation is 1. The first-order valence-electron chi connectivity index (χ1n) is 6.78. The summed E-state index contributed by atoms with van der Waals surface area (Å²) in [6.07, 6.45) is 1.38. The average molecular weight is 319 g/mol. The van der Waals surface area contributed by atoms with Gasteiger partial charge in [0, 0.05) is 11.8 Å². The molecule has 0 atom stereocenters. The fourth-order valence-corrected chi connectivity index (χ4v) is 1.92. The lowest BCUT2D eigenvalue weighted by Crippen LogP contribution is -2.21. The molecule has 23 heavy (non-hydrogen) atoms. The predicted octanol–water partition coefficient (Wildman–Crippen LogP) is 2.40. The van der Waals surface area contributed by atoms with Crippen LogP contribution < -0.4 is 14.8 Å². The van der Waals surface area contributed by atoms with Crippen LogP contribution in [0.15, 0.2) is 34.9 Å². The quantitative estimate of drug-likeness (QED) is 0.823. The van der Waals surface area contributed by atoms with Crippen molar-refractivity contribution in [3.63, 3.8) is 0 Å². The van der Waals surface area contributed by atoms with Crippen molar-refractivity contribution in [1.29, 1.82) is 0 Å². The molecule has 0 fully saturated rings. The summed E-state index contributed by atoms with van der Waals surface area (Å²) in [6, 6.07) is 6.42. The second-order valence-corrected chi connectivity index (χ2v) is 4.58. The fraction of sp³-hybridized carbons (Fsp3) is 0.250. The van der Waals surface area contributed by atoms with Crippen molar-refractivity contribution >= 4 is 17.6 Å². The van der Waals surface area contributed by atoms with E-state index in [1.165, 1.54) is 26.5 Å². The zero-order chi connectivity index (χ0) is 16.8. The summed E-state index contributed by atoms with van der Waals surface area (Å²) in [7, 11) is 3.02. The van der Waals surface area contributed by atoms with E-state index < -0.39 is 18.5 Å². The number of esters is 1. The van der Waals surface area contributed by atoms with Crippen LogP contribution in [-0.4, -0.2) is 32.7 Å². The summed E-state index contributed by atoms with van der Waals surface area (Å²) in [5, 5.41) is 2.61. The van der Waals surface area contributed by atoms with E-state index in [0.29, 0.717) is 28.5 Å². The Bertz CT molecular complexity index is 706. The number of carbonyl (C=O) groups excluding carboxylic acids is 2. The van der Waals surface area contributed by atoms with Crippen molar-refractivity contribution in [2.24, 2.45) is 0 Å². The van der Waals surface area contributed by atoms with Gasteiger partial charge in [0.15, 0.2) is 18.1 Å². The molecule has 2 aromatic rings. The van der Waals surface area contributed by atoms with Crippen LogP contribution in [0.3, 0.4) is 0 Å². The molecule has 0 saturated heterocycles. The van der Waals surface area contributed by atoms with Gasteiger partial charge in [0.25, 0.3) is 5.91 Å². The highest BCUT2D eigenvalue weighted by Crippen LogP contribution is 2.29. The highest BCUT2D eigenvalue weighted by Gasteiger charge is 2.15. The number of furan rings is 1. The predicted molar refractivity (Wildman–Crippen MR) is 81.9 cm³/mol. The fourth-order valence-electron chi connectivity index (χ4n) is 1.92. The molecule has 122 valence electrons. The summed E-state index contributed by atoms with van der Waals surface area (Å²) < 4.78 is 20.2. The highest BCUT2D eigenvalue weighted by molar-refractivity contribution is 5.96. The van der Waals surface area contributed by atoms with Gasteiger partial charge in [-0.25, -0.2) is 4.79 Å². The Morgan fingerprint density at radius 2 is 1.87 bits per heavy atom. The van der Waals surface area contributed by atoms with Crippen LogP contribution >= 0.6 is 0 Å². The minimum Gasteiger partial charge on any atom is -0.493 e. The van der Waals surface area contributed by atoms with E-state index in [1.807, 2.05) is 0 Å². The van der Waals surface area contributed by atoms with Crippen LogP contribution in [0, 0.1) is 6.92 Å². The SMILES string of the molecule is COc1ccc(NC(=O)COC(=O)c2ccoc2C)cc1OC. The van der Waals surface area contributed by atoms with Crippen molar-refractivity contribution in [1.82, 2.24) is 0 Å². The molecule has 0 aliphatic carbocycles. The molecule has 1 heterocycles. The van der Waals surface area contributed by atoms with Crippen LogP contribution in [0.25, 0.3) is 0 Å². The number of hydrogen-bond acceptors (Lipinski definition) is 6. The molecule has 0 radical (unpaired) electrons. The minimum atomic E-state index is -0.612. The molecule has 0 saturated carbocycles. The molecule has 1 N–H and O–H groups in total. The molecule has 0 bridgehead atoms. The Kier molecular flexibility index (Phi) is 5.24. The maximum atomic E-state index is 11.8. The molecular weight excluding hydrogens is 302 g/mol. The van der Waals surface area contributed by atoms with E-state index in [4.69, 9.17) is 18.6 Å². The number of benzene rings is 1. The number of methoxy groups -OCH3 is 2. The number of nitrogens with one attached hydrogen (secondary N) is 1. The first-order chi connectivity index (χ1) is 11.0. The summed E-state index contributed by atoms with van der Waals surface area (Å²) in [6.45, 7) is 1.23. The molecule has 1 amide bonds. The smallest absolute Gasteiger partial charge is 0.342 e. The van der Waals surface area contributed by atoms with Crippen molar-refractivity contribution in [3.05, 3.63) is 41.9 Å². The third-order valence-electron chi connectivity index (χ3n) is 3.08. The van der Waals surface area contributed by atoms with Gasteiger partial charge in [0.1, 0.15) is 11.3 Å². The molecule has 0 spiro atoms. The van der Waals surface area contributed by atoms with E-state index in [0.717, 1.165) is 0 Å². The van der Waals surface area contributed by atoms with Crippen molar-refractivity contribution in [3.8, 4) is 11.5 Å². The van der Waals surface area contributed by atoms with E-state index in [9.17, 15) is 9.59 Å². The molecule has 1 aromatic heterocycles. The van der Waals surface area contributed by atoms with E-state index in [2.05, 4.69) is 5.32 Å². The molecule has 7 nitrogen and oxygen atoms in total. The Balaban J connectivity index is 1.92. The number of hydrogen-bond donors (Lipinski definition) is 1. The van der Waals surface area contributed by atoms with Gasteiger partial charge >= 0.3 is 5.97 Å². The molecular formula is C16H17NO6. The molecule has 2 rings (SSSR count). The zero-order valence-electron chi connectivity index (χ0n) is 13.0. The molecule has 1 aromatic carbocycles. The van der Waals surface area contributed by atoms with Gasteiger partial charge in [0.05, 0.1) is 20.5 Å². The van der Waals surface area contributed by atoms with Gasteiger partial charge in [-0.2, -0.15) is 0 Å². The monoisotopic (exact) mass is 319 g/mol. The van der Waals surface area contributed by atoms with Crippen molar-refractivity contribution in [2.75, 3.05) is 26.1 Å². The summed E-state index contributed by atoms with van der Waals surface area (Å²) in [5.74, 6) is 0.393. The van der Waals surface area contributed by atoms with Crippen molar-refractivity contribution in [2.45, 2.75) is 6.92 Å². The lowest BCUT2D eigenvalue weighted by molar-refractivity contribution is -0.119. The maximum absolute atomic E-state index is 11.8. The van der Waals surface area contributed by atoms with Crippen molar-refractivity contribution < 1.29 is 28.2 Å². The zero-order valence-corrected chi connectivity index (χ0v) is 13.0. The van der Waals surface area contributed by atoms with Crippen LogP contribution in [-0.2, 0) is 9.53 Å². The van der Waals surface area contributed by atoms with E-state index in [-0.39, 0.29) is 0 Å². The molecule has 0 aliphatic rings. The largest absolute Gasteiger partial charge is 0.493 e. The molecule has 0 unspecified atom stereocenters. The van der Waals surface area contributed by atoms with Crippen LogP contribution in [0.5, 0.6) is 11.5 Å². The average Bonchev–Trinajstić information content (AvgIpc) is 2.98. The highest BCUT2D eigenvalue weighted by atomic mass is 16.5.